The monoisotopic (exact) mass is 451 g/mol. The van der Waals surface area contributed by atoms with E-state index in [0.29, 0.717) is 36.6 Å². The van der Waals surface area contributed by atoms with E-state index in [0.717, 1.165) is 35.6 Å². The molecule has 0 unspecified atom stereocenters. The SMILES string of the molecule is O=c1[nH]c(-c2ccncc2)nc2c1CN(Cc1cccn1-c1ccc(C(F)(F)F)cc1)CC2. The number of pyridine rings is 1. The number of hydrogen-bond donors (Lipinski definition) is 1. The van der Waals surface area contributed by atoms with E-state index in [1.165, 1.54) is 12.1 Å². The van der Waals surface area contributed by atoms with Crippen molar-refractivity contribution >= 4 is 0 Å². The summed E-state index contributed by atoms with van der Waals surface area (Å²) in [6.45, 7) is 1.73. The number of hydrogen-bond acceptors (Lipinski definition) is 4. The van der Waals surface area contributed by atoms with Crippen molar-refractivity contribution in [2.75, 3.05) is 6.54 Å². The van der Waals surface area contributed by atoms with Gasteiger partial charge in [-0.25, -0.2) is 4.98 Å². The van der Waals surface area contributed by atoms with Crippen molar-refractivity contribution in [3.05, 3.63) is 100.0 Å². The van der Waals surface area contributed by atoms with Gasteiger partial charge in [0.1, 0.15) is 5.82 Å². The summed E-state index contributed by atoms with van der Waals surface area (Å²) in [7, 11) is 0. The van der Waals surface area contributed by atoms with Crippen molar-refractivity contribution in [1.29, 1.82) is 0 Å². The van der Waals surface area contributed by atoms with Crippen LogP contribution in [-0.2, 0) is 25.7 Å². The Hall–Kier alpha value is -3.72. The molecule has 0 radical (unpaired) electrons. The van der Waals surface area contributed by atoms with Gasteiger partial charge in [0.2, 0.25) is 0 Å². The molecule has 6 nitrogen and oxygen atoms in total. The molecule has 1 aliphatic rings. The molecular formula is C24H20F3N5O. The smallest absolute Gasteiger partial charge is 0.320 e. The van der Waals surface area contributed by atoms with Crippen molar-refractivity contribution in [2.24, 2.45) is 0 Å². The van der Waals surface area contributed by atoms with E-state index in [1.807, 2.05) is 22.9 Å². The molecule has 0 atom stereocenters. The minimum absolute atomic E-state index is 0.158. The first-order valence-corrected chi connectivity index (χ1v) is 10.5. The van der Waals surface area contributed by atoms with Gasteiger partial charge in [-0.2, -0.15) is 13.2 Å². The molecule has 5 rings (SSSR count). The lowest BCUT2D eigenvalue weighted by Gasteiger charge is -2.28. The van der Waals surface area contributed by atoms with Gasteiger partial charge in [-0.15, -0.1) is 0 Å². The van der Waals surface area contributed by atoms with Gasteiger partial charge in [-0.3, -0.25) is 14.7 Å². The van der Waals surface area contributed by atoms with E-state index in [1.54, 1.807) is 24.5 Å². The molecule has 9 heteroatoms. The van der Waals surface area contributed by atoms with Crippen LogP contribution in [0.5, 0.6) is 0 Å². The van der Waals surface area contributed by atoms with Gasteiger partial charge >= 0.3 is 6.18 Å². The fraction of sp³-hybridized carbons (Fsp3) is 0.208. The second-order valence-electron chi connectivity index (χ2n) is 7.95. The van der Waals surface area contributed by atoms with Crippen molar-refractivity contribution in [2.45, 2.75) is 25.7 Å². The molecule has 0 bridgehead atoms. The Morgan fingerprint density at radius 1 is 1.03 bits per heavy atom. The first kappa shape index (κ1) is 21.1. The van der Waals surface area contributed by atoms with Gasteiger partial charge in [0.05, 0.1) is 16.8 Å². The number of benzene rings is 1. The quantitative estimate of drug-likeness (QED) is 0.505. The van der Waals surface area contributed by atoms with Crippen LogP contribution in [0.15, 0.2) is 71.9 Å². The number of H-pyrrole nitrogens is 1. The Morgan fingerprint density at radius 2 is 1.79 bits per heavy atom. The molecule has 0 aliphatic carbocycles. The fourth-order valence-electron chi connectivity index (χ4n) is 4.10. The minimum Gasteiger partial charge on any atom is -0.320 e. The zero-order chi connectivity index (χ0) is 23.0. The predicted molar refractivity (Wildman–Crippen MR) is 117 cm³/mol. The zero-order valence-electron chi connectivity index (χ0n) is 17.5. The summed E-state index contributed by atoms with van der Waals surface area (Å²) in [5.74, 6) is 0.533. The minimum atomic E-state index is -4.36. The molecule has 1 N–H and O–H groups in total. The molecule has 168 valence electrons. The van der Waals surface area contributed by atoms with Crippen LogP contribution in [0, 0.1) is 0 Å². The first-order chi connectivity index (χ1) is 15.9. The molecule has 0 amide bonds. The van der Waals surface area contributed by atoms with Crippen LogP contribution < -0.4 is 5.56 Å². The number of rotatable bonds is 4. The maximum absolute atomic E-state index is 12.9. The van der Waals surface area contributed by atoms with Gasteiger partial charge in [-0.1, -0.05) is 0 Å². The lowest BCUT2D eigenvalue weighted by atomic mass is 10.1. The molecular weight excluding hydrogens is 431 g/mol. The highest BCUT2D eigenvalue weighted by molar-refractivity contribution is 5.54. The van der Waals surface area contributed by atoms with Crippen LogP contribution in [0.1, 0.15) is 22.5 Å². The van der Waals surface area contributed by atoms with Crippen molar-refractivity contribution < 1.29 is 13.2 Å². The highest BCUT2D eigenvalue weighted by Gasteiger charge is 2.30. The molecule has 0 saturated carbocycles. The largest absolute Gasteiger partial charge is 0.416 e. The molecule has 0 fully saturated rings. The van der Waals surface area contributed by atoms with Gasteiger partial charge in [-0.05, 0) is 48.5 Å². The Kier molecular flexibility index (Phi) is 5.33. The van der Waals surface area contributed by atoms with E-state index in [2.05, 4.69) is 19.9 Å². The standard InChI is InChI=1S/C24H20F3N5O/c25-24(26,27)17-3-5-18(6-4-17)32-12-1-2-19(32)14-31-13-9-21-20(15-31)23(33)30-22(29-21)16-7-10-28-11-8-16/h1-8,10-12H,9,13-15H2,(H,29,30,33). The third kappa shape index (κ3) is 4.31. The van der Waals surface area contributed by atoms with Crippen LogP contribution in [-0.4, -0.2) is 31.0 Å². The maximum atomic E-state index is 12.9. The van der Waals surface area contributed by atoms with Crippen LogP contribution >= 0.6 is 0 Å². The molecule has 0 saturated heterocycles. The molecule has 4 heterocycles. The van der Waals surface area contributed by atoms with Gasteiger partial charge in [0.15, 0.2) is 0 Å². The van der Waals surface area contributed by atoms with E-state index < -0.39 is 11.7 Å². The topological polar surface area (TPSA) is 66.8 Å². The second-order valence-corrected chi connectivity index (χ2v) is 7.95. The highest BCUT2D eigenvalue weighted by atomic mass is 19.4. The van der Waals surface area contributed by atoms with Crippen LogP contribution in [0.4, 0.5) is 13.2 Å². The third-order valence-electron chi connectivity index (χ3n) is 5.79. The summed E-state index contributed by atoms with van der Waals surface area (Å²) >= 11 is 0. The molecule has 0 spiro atoms. The van der Waals surface area contributed by atoms with E-state index >= 15 is 0 Å². The van der Waals surface area contributed by atoms with E-state index in [4.69, 9.17) is 0 Å². The lowest BCUT2D eigenvalue weighted by molar-refractivity contribution is -0.137. The van der Waals surface area contributed by atoms with Crippen molar-refractivity contribution in [3.8, 4) is 17.1 Å². The Morgan fingerprint density at radius 3 is 2.52 bits per heavy atom. The van der Waals surface area contributed by atoms with Crippen LogP contribution in [0.3, 0.4) is 0 Å². The number of nitrogens with one attached hydrogen (secondary N) is 1. The summed E-state index contributed by atoms with van der Waals surface area (Å²) in [6, 6.07) is 12.5. The average molecular weight is 451 g/mol. The molecule has 33 heavy (non-hydrogen) atoms. The lowest BCUT2D eigenvalue weighted by Crippen LogP contribution is -2.35. The summed E-state index contributed by atoms with van der Waals surface area (Å²) in [5.41, 5.74) is 2.99. The summed E-state index contributed by atoms with van der Waals surface area (Å²) in [6.07, 6.45) is 1.41. The van der Waals surface area contributed by atoms with Gasteiger partial charge in [0, 0.05) is 61.6 Å². The summed E-state index contributed by atoms with van der Waals surface area (Å²) in [4.78, 5) is 26.4. The molecule has 4 aromatic rings. The number of aromatic amines is 1. The number of halogens is 3. The Labute approximate surface area is 187 Å². The molecule has 1 aromatic carbocycles. The number of aromatic nitrogens is 4. The van der Waals surface area contributed by atoms with Gasteiger partial charge in [0.25, 0.3) is 5.56 Å². The van der Waals surface area contributed by atoms with E-state index in [-0.39, 0.29) is 5.56 Å². The Bertz CT molecular complexity index is 1330. The van der Waals surface area contributed by atoms with Gasteiger partial charge < -0.3 is 9.55 Å². The normalized spacial score (nSPS) is 14.3. The number of alkyl halides is 3. The average Bonchev–Trinajstić information content (AvgIpc) is 3.27. The van der Waals surface area contributed by atoms with Crippen molar-refractivity contribution in [3.63, 3.8) is 0 Å². The predicted octanol–water partition coefficient (Wildman–Crippen LogP) is 4.20. The van der Waals surface area contributed by atoms with Crippen LogP contribution in [0.25, 0.3) is 17.1 Å². The highest BCUT2D eigenvalue weighted by Crippen LogP contribution is 2.30. The maximum Gasteiger partial charge on any atom is 0.416 e. The number of nitrogens with zero attached hydrogens (tertiary/aromatic N) is 4. The molecule has 3 aromatic heterocycles. The summed E-state index contributed by atoms with van der Waals surface area (Å²) in [5, 5.41) is 0. The summed E-state index contributed by atoms with van der Waals surface area (Å²) < 4.78 is 40.5. The fourth-order valence-corrected chi connectivity index (χ4v) is 4.10. The number of fused-ring (bicyclic) bond motifs is 1. The first-order valence-electron chi connectivity index (χ1n) is 10.5. The molecule has 1 aliphatic heterocycles. The van der Waals surface area contributed by atoms with E-state index in [9.17, 15) is 18.0 Å². The van der Waals surface area contributed by atoms with Crippen LogP contribution in [0.2, 0.25) is 0 Å². The Balaban J connectivity index is 1.35. The van der Waals surface area contributed by atoms with Crippen molar-refractivity contribution in [1.82, 2.24) is 24.4 Å². The zero-order valence-corrected chi connectivity index (χ0v) is 17.5. The third-order valence-corrected chi connectivity index (χ3v) is 5.79. The second kappa shape index (κ2) is 8.32.